The maximum atomic E-state index is 13.8. The minimum Gasteiger partial charge on any atom is -0.494 e. The molecule has 5 nitrogen and oxygen atoms in total. The quantitative estimate of drug-likeness (QED) is 0.658. The van der Waals surface area contributed by atoms with Crippen molar-refractivity contribution in [2.75, 3.05) is 14.2 Å². The molecule has 0 bridgehead atoms. The average Bonchev–Trinajstić information content (AvgIpc) is 2.96. The van der Waals surface area contributed by atoms with E-state index in [0.717, 1.165) is 11.3 Å². The van der Waals surface area contributed by atoms with Crippen molar-refractivity contribution in [1.29, 1.82) is 0 Å². The molecule has 1 aromatic heterocycles. The third-order valence-corrected chi connectivity index (χ3v) is 3.74. The zero-order chi connectivity index (χ0) is 16.8. The van der Waals surface area contributed by atoms with Gasteiger partial charge in [0, 0.05) is 26.0 Å². The number of nitrogens with one attached hydrogen (secondary N) is 2. The van der Waals surface area contributed by atoms with Crippen LogP contribution in [0.3, 0.4) is 0 Å². The van der Waals surface area contributed by atoms with Crippen LogP contribution in [0.4, 0.5) is 4.39 Å². The fourth-order valence-electron chi connectivity index (χ4n) is 2.29. The average molecular weight is 318 g/mol. The Hall–Kier alpha value is -2.50. The van der Waals surface area contributed by atoms with Gasteiger partial charge in [-0.05, 0) is 36.8 Å². The van der Waals surface area contributed by atoms with Gasteiger partial charge in [-0.15, -0.1) is 0 Å². The molecule has 0 aliphatic rings. The summed E-state index contributed by atoms with van der Waals surface area (Å²) in [6.45, 7) is 2.61. The molecule has 2 rings (SSSR count). The number of hydrogen-bond acceptors (Lipinski definition) is 2. The van der Waals surface area contributed by atoms with Crippen molar-refractivity contribution in [3.63, 3.8) is 0 Å². The molecule has 2 aromatic rings. The lowest BCUT2D eigenvalue weighted by molar-refractivity contribution is 0.386. The highest BCUT2D eigenvalue weighted by atomic mass is 19.1. The largest absolute Gasteiger partial charge is 0.494 e. The van der Waals surface area contributed by atoms with Gasteiger partial charge in [0.1, 0.15) is 0 Å². The van der Waals surface area contributed by atoms with Crippen LogP contribution in [-0.2, 0) is 13.6 Å². The Kier molecular flexibility index (Phi) is 5.62. The van der Waals surface area contributed by atoms with Crippen molar-refractivity contribution in [2.24, 2.45) is 12.0 Å². The molecule has 0 radical (unpaired) electrons. The van der Waals surface area contributed by atoms with Gasteiger partial charge in [0.05, 0.1) is 19.7 Å². The maximum Gasteiger partial charge on any atom is 0.191 e. The van der Waals surface area contributed by atoms with Crippen LogP contribution < -0.4 is 15.4 Å². The first-order valence-corrected chi connectivity index (χ1v) is 7.46. The second kappa shape index (κ2) is 7.67. The molecular formula is C17H23FN4O. The number of hydrogen-bond donors (Lipinski definition) is 2. The molecule has 0 amide bonds. The predicted molar refractivity (Wildman–Crippen MR) is 90.1 cm³/mol. The van der Waals surface area contributed by atoms with Crippen LogP contribution in [-0.4, -0.2) is 24.7 Å². The van der Waals surface area contributed by atoms with E-state index in [9.17, 15) is 4.39 Å². The van der Waals surface area contributed by atoms with Crippen LogP contribution in [0.2, 0.25) is 0 Å². The van der Waals surface area contributed by atoms with Gasteiger partial charge in [0.25, 0.3) is 0 Å². The number of aryl methyl sites for hydroxylation is 1. The fraction of sp³-hybridized carbons (Fsp3) is 0.353. The first-order valence-electron chi connectivity index (χ1n) is 7.46. The molecule has 1 atom stereocenters. The SMILES string of the molecule is CN=C(NCc1cccn1C)NC(C)c1ccc(OC)c(F)c1. The molecule has 2 N–H and O–H groups in total. The Morgan fingerprint density at radius 2 is 2.17 bits per heavy atom. The standard InChI is InChI=1S/C17H23FN4O/c1-12(13-7-8-16(23-4)15(18)10-13)21-17(19-2)20-11-14-6-5-9-22(14)3/h5-10,12H,11H2,1-4H3,(H2,19,20,21). The van der Waals surface area contributed by atoms with Gasteiger partial charge in [0.2, 0.25) is 0 Å². The maximum absolute atomic E-state index is 13.8. The third-order valence-electron chi connectivity index (χ3n) is 3.74. The van der Waals surface area contributed by atoms with E-state index in [1.807, 2.05) is 42.9 Å². The highest BCUT2D eigenvalue weighted by Gasteiger charge is 2.11. The Morgan fingerprint density at radius 1 is 1.39 bits per heavy atom. The van der Waals surface area contributed by atoms with Gasteiger partial charge < -0.3 is 19.9 Å². The van der Waals surface area contributed by atoms with E-state index in [1.54, 1.807) is 13.1 Å². The molecule has 124 valence electrons. The van der Waals surface area contributed by atoms with E-state index in [-0.39, 0.29) is 17.6 Å². The number of aliphatic imine (C=N–C) groups is 1. The molecule has 1 unspecified atom stereocenters. The second-order valence-electron chi connectivity index (χ2n) is 5.30. The van der Waals surface area contributed by atoms with Crippen LogP contribution in [0.1, 0.15) is 24.2 Å². The van der Waals surface area contributed by atoms with Gasteiger partial charge in [-0.2, -0.15) is 0 Å². The molecule has 0 saturated heterocycles. The number of benzene rings is 1. The van der Waals surface area contributed by atoms with Crippen LogP contribution in [0.5, 0.6) is 5.75 Å². The van der Waals surface area contributed by atoms with Crippen LogP contribution in [0, 0.1) is 5.82 Å². The number of halogens is 1. The van der Waals surface area contributed by atoms with Crippen molar-refractivity contribution >= 4 is 5.96 Å². The first kappa shape index (κ1) is 16.9. The minimum atomic E-state index is -0.370. The number of ether oxygens (including phenoxy) is 1. The molecule has 0 saturated carbocycles. The van der Waals surface area contributed by atoms with Crippen LogP contribution in [0.15, 0.2) is 41.5 Å². The molecule has 0 fully saturated rings. The van der Waals surface area contributed by atoms with Gasteiger partial charge in [0.15, 0.2) is 17.5 Å². The summed E-state index contributed by atoms with van der Waals surface area (Å²) in [5.74, 6) is 0.535. The highest BCUT2D eigenvalue weighted by molar-refractivity contribution is 5.80. The van der Waals surface area contributed by atoms with Gasteiger partial charge in [-0.25, -0.2) is 4.39 Å². The number of nitrogens with zero attached hydrogens (tertiary/aromatic N) is 2. The van der Waals surface area contributed by atoms with E-state index in [0.29, 0.717) is 12.5 Å². The lowest BCUT2D eigenvalue weighted by Crippen LogP contribution is -2.38. The monoisotopic (exact) mass is 318 g/mol. The van der Waals surface area contributed by atoms with Crippen molar-refractivity contribution < 1.29 is 9.13 Å². The van der Waals surface area contributed by atoms with E-state index < -0.39 is 0 Å². The van der Waals surface area contributed by atoms with Crippen LogP contribution >= 0.6 is 0 Å². The van der Waals surface area contributed by atoms with Crippen molar-refractivity contribution in [2.45, 2.75) is 19.5 Å². The summed E-state index contributed by atoms with van der Waals surface area (Å²) in [4.78, 5) is 4.21. The lowest BCUT2D eigenvalue weighted by Gasteiger charge is -2.19. The van der Waals surface area contributed by atoms with Crippen molar-refractivity contribution in [3.8, 4) is 5.75 Å². The highest BCUT2D eigenvalue weighted by Crippen LogP contribution is 2.21. The third kappa shape index (κ3) is 4.25. The summed E-state index contributed by atoms with van der Waals surface area (Å²) in [7, 11) is 5.16. The zero-order valence-electron chi connectivity index (χ0n) is 13.9. The number of methoxy groups -OCH3 is 1. The Balaban J connectivity index is 1.98. The van der Waals surface area contributed by atoms with E-state index >= 15 is 0 Å². The summed E-state index contributed by atoms with van der Waals surface area (Å²) < 4.78 is 20.8. The van der Waals surface area contributed by atoms with E-state index in [2.05, 4.69) is 15.6 Å². The molecule has 1 aromatic carbocycles. The molecule has 23 heavy (non-hydrogen) atoms. The number of guanidine groups is 1. The summed E-state index contributed by atoms with van der Waals surface area (Å²) in [6.07, 6.45) is 2.00. The molecule has 6 heteroatoms. The Bertz CT molecular complexity index is 681. The normalized spacial score (nSPS) is 12.8. The fourth-order valence-corrected chi connectivity index (χ4v) is 2.29. The Labute approximate surface area is 136 Å². The topological polar surface area (TPSA) is 50.6 Å². The second-order valence-corrected chi connectivity index (χ2v) is 5.30. The van der Waals surface area contributed by atoms with Gasteiger partial charge >= 0.3 is 0 Å². The smallest absolute Gasteiger partial charge is 0.191 e. The van der Waals surface area contributed by atoms with Crippen molar-refractivity contribution in [1.82, 2.24) is 15.2 Å². The summed E-state index contributed by atoms with van der Waals surface area (Å²) in [6, 6.07) is 8.89. The number of rotatable bonds is 5. The molecule has 1 heterocycles. The molecule has 0 aliphatic carbocycles. The summed E-state index contributed by atoms with van der Waals surface area (Å²) in [5, 5.41) is 6.50. The molecule has 0 spiro atoms. The molecular weight excluding hydrogens is 295 g/mol. The van der Waals surface area contributed by atoms with Gasteiger partial charge in [-0.1, -0.05) is 6.07 Å². The van der Waals surface area contributed by atoms with E-state index in [1.165, 1.54) is 13.2 Å². The predicted octanol–water partition coefficient (Wildman–Crippen LogP) is 2.60. The van der Waals surface area contributed by atoms with Crippen LogP contribution in [0.25, 0.3) is 0 Å². The summed E-state index contributed by atoms with van der Waals surface area (Å²) >= 11 is 0. The Morgan fingerprint density at radius 3 is 2.74 bits per heavy atom. The first-order chi connectivity index (χ1) is 11.0. The lowest BCUT2D eigenvalue weighted by atomic mass is 10.1. The minimum absolute atomic E-state index is 0.0879. The number of aromatic nitrogens is 1. The van der Waals surface area contributed by atoms with E-state index in [4.69, 9.17) is 4.74 Å². The van der Waals surface area contributed by atoms with Gasteiger partial charge in [-0.3, -0.25) is 4.99 Å². The van der Waals surface area contributed by atoms with Crippen molar-refractivity contribution in [3.05, 3.63) is 53.6 Å². The zero-order valence-corrected chi connectivity index (χ0v) is 13.9. The molecule has 0 aliphatic heterocycles. The summed E-state index contributed by atoms with van der Waals surface area (Å²) in [5.41, 5.74) is 1.97.